The molecule has 0 unspecified atom stereocenters. The fourth-order valence-corrected chi connectivity index (χ4v) is 2.83. The zero-order valence-corrected chi connectivity index (χ0v) is 11.1. The van der Waals surface area contributed by atoms with E-state index in [9.17, 15) is 0 Å². The SMILES string of the molecule is c1ccc(-c2nc(-c3ccc4c(c3)CCC4)n[nH]2)cc1. The molecule has 98 valence electrons. The number of hydrogen-bond acceptors (Lipinski definition) is 2. The van der Waals surface area contributed by atoms with Gasteiger partial charge < -0.3 is 0 Å². The van der Waals surface area contributed by atoms with E-state index in [-0.39, 0.29) is 0 Å². The van der Waals surface area contributed by atoms with Crippen molar-refractivity contribution in [1.82, 2.24) is 15.2 Å². The summed E-state index contributed by atoms with van der Waals surface area (Å²) in [6.07, 6.45) is 3.65. The standard InChI is InChI=1S/C17H15N3/c1-2-5-13(6-3-1)16-18-17(20-19-16)15-10-9-12-7-4-8-14(12)11-15/h1-3,5-6,9-11H,4,7-8H2,(H,18,19,20). The first-order chi connectivity index (χ1) is 9.90. The van der Waals surface area contributed by atoms with Crippen molar-refractivity contribution in [1.29, 1.82) is 0 Å². The summed E-state index contributed by atoms with van der Waals surface area (Å²) in [4.78, 5) is 4.61. The molecule has 4 rings (SSSR count). The first-order valence-corrected chi connectivity index (χ1v) is 7.00. The summed E-state index contributed by atoms with van der Waals surface area (Å²) in [5.41, 5.74) is 5.10. The van der Waals surface area contributed by atoms with E-state index in [4.69, 9.17) is 0 Å². The molecule has 3 aromatic rings. The van der Waals surface area contributed by atoms with Gasteiger partial charge in [0.05, 0.1) is 0 Å². The zero-order valence-electron chi connectivity index (χ0n) is 11.1. The highest BCUT2D eigenvalue weighted by Gasteiger charge is 2.13. The molecule has 1 N–H and O–H groups in total. The van der Waals surface area contributed by atoms with Crippen molar-refractivity contribution in [2.24, 2.45) is 0 Å². The van der Waals surface area contributed by atoms with Crippen molar-refractivity contribution in [2.45, 2.75) is 19.3 Å². The molecule has 1 aromatic heterocycles. The van der Waals surface area contributed by atoms with Crippen LogP contribution < -0.4 is 0 Å². The molecule has 1 heterocycles. The van der Waals surface area contributed by atoms with Gasteiger partial charge in [0.2, 0.25) is 0 Å². The number of nitrogens with zero attached hydrogens (tertiary/aromatic N) is 2. The smallest absolute Gasteiger partial charge is 0.181 e. The lowest BCUT2D eigenvalue weighted by Crippen LogP contribution is -1.86. The lowest BCUT2D eigenvalue weighted by molar-refractivity contribution is 0.912. The van der Waals surface area contributed by atoms with Crippen molar-refractivity contribution in [2.75, 3.05) is 0 Å². The van der Waals surface area contributed by atoms with Crippen LogP contribution in [0.25, 0.3) is 22.8 Å². The molecule has 0 saturated carbocycles. The van der Waals surface area contributed by atoms with Gasteiger partial charge in [-0.2, -0.15) is 5.10 Å². The van der Waals surface area contributed by atoms with Crippen LogP contribution in [-0.4, -0.2) is 15.2 Å². The fraction of sp³-hybridized carbons (Fsp3) is 0.176. The fourth-order valence-electron chi connectivity index (χ4n) is 2.83. The highest BCUT2D eigenvalue weighted by Crippen LogP contribution is 2.27. The van der Waals surface area contributed by atoms with Crippen LogP contribution in [0.3, 0.4) is 0 Å². The molecule has 1 aliphatic rings. The highest BCUT2D eigenvalue weighted by molar-refractivity contribution is 5.62. The Hall–Kier alpha value is -2.42. The minimum Gasteiger partial charge on any atom is -0.259 e. The van der Waals surface area contributed by atoms with Crippen molar-refractivity contribution >= 4 is 0 Å². The van der Waals surface area contributed by atoms with Gasteiger partial charge in [-0.25, -0.2) is 4.98 Å². The lowest BCUT2D eigenvalue weighted by atomic mass is 10.1. The van der Waals surface area contributed by atoms with Crippen LogP contribution in [0.5, 0.6) is 0 Å². The molecule has 2 aromatic carbocycles. The molecule has 0 radical (unpaired) electrons. The number of aromatic nitrogens is 3. The molecular formula is C17H15N3. The van der Waals surface area contributed by atoms with Gasteiger partial charge in [0.1, 0.15) is 0 Å². The molecule has 0 atom stereocenters. The summed E-state index contributed by atoms with van der Waals surface area (Å²) in [6, 6.07) is 16.7. The normalized spacial score (nSPS) is 13.4. The Morgan fingerprint density at radius 3 is 2.60 bits per heavy atom. The lowest BCUT2D eigenvalue weighted by Gasteiger charge is -2.01. The highest BCUT2D eigenvalue weighted by atomic mass is 15.2. The van der Waals surface area contributed by atoms with Gasteiger partial charge >= 0.3 is 0 Å². The van der Waals surface area contributed by atoms with Crippen molar-refractivity contribution < 1.29 is 0 Å². The van der Waals surface area contributed by atoms with Crippen LogP contribution in [0.4, 0.5) is 0 Å². The van der Waals surface area contributed by atoms with E-state index in [2.05, 4.69) is 33.4 Å². The van der Waals surface area contributed by atoms with Crippen molar-refractivity contribution in [3.8, 4) is 22.8 Å². The van der Waals surface area contributed by atoms with E-state index in [1.807, 2.05) is 30.3 Å². The Morgan fingerprint density at radius 1 is 0.850 bits per heavy atom. The molecule has 1 aliphatic carbocycles. The van der Waals surface area contributed by atoms with Crippen molar-refractivity contribution in [3.05, 3.63) is 59.7 Å². The molecule has 0 fully saturated rings. The van der Waals surface area contributed by atoms with E-state index in [0.29, 0.717) is 0 Å². The van der Waals surface area contributed by atoms with E-state index in [1.165, 1.54) is 30.4 Å². The summed E-state index contributed by atoms with van der Waals surface area (Å²) >= 11 is 0. The molecule has 0 bridgehead atoms. The molecule has 0 saturated heterocycles. The minimum atomic E-state index is 0.776. The third kappa shape index (κ3) is 1.92. The minimum absolute atomic E-state index is 0.776. The maximum atomic E-state index is 4.61. The van der Waals surface area contributed by atoms with Crippen LogP contribution >= 0.6 is 0 Å². The maximum Gasteiger partial charge on any atom is 0.181 e. The van der Waals surface area contributed by atoms with Crippen LogP contribution in [-0.2, 0) is 12.8 Å². The molecule has 20 heavy (non-hydrogen) atoms. The van der Waals surface area contributed by atoms with Crippen LogP contribution in [0.1, 0.15) is 17.5 Å². The number of hydrogen-bond donors (Lipinski definition) is 1. The third-order valence-electron chi connectivity index (χ3n) is 3.89. The molecular weight excluding hydrogens is 246 g/mol. The molecule has 0 aliphatic heterocycles. The van der Waals surface area contributed by atoms with Crippen LogP contribution in [0.2, 0.25) is 0 Å². The van der Waals surface area contributed by atoms with E-state index in [1.54, 1.807) is 0 Å². The second-order valence-corrected chi connectivity index (χ2v) is 5.21. The second-order valence-electron chi connectivity index (χ2n) is 5.21. The van der Waals surface area contributed by atoms with Crippen LogP contribution in [0, 0.1) is 0 Å². The summed E-state index contributed by atoms with van der Waals surface area (Å²) < 4.78 is 0. The Bertz CT molecular complexity index is 744. The number of fused-ring (bicyclic) bond motifs is 1. The number of aryl methyl sites for hydroxylation is 2. The first-order valence-electron chi connectivity index (χ1n) is 7.00. The van der Waals surface area contributed by atoms with E-state index >= 15 is 0 Å². The van der Waals surface area contributed by atoms with E-state index < -0.39 is 0 Å². The third-order valence-corrected chi connectivity index (χ3v) is 3.89. The van der Waals surface area contributed by atoms with Gasteiger partial charge in [-0.3, -0.25) is 5.10 Å². The number of H-pyrrole nitrogens is 1. The molecule has 0 amide bonds. The van der Waals surface area contributed by atoms with Gasteiger partial charge in [0, 0.05) is 11.1 Å². The molecule has 3 nitrogen and oxygen atoms in total. The summed E-state index contributed by atoms with van der Waals surface area (Å²) in [6.45, 7) is 0. The predicted molar refractivity (Wildman–Crippen MR) is 79.3 cm³/mol. The average Bonchev–Trinajstić information content (AvgIpc) is 3.16. The monoisotopic (exact) mass is 261 g/mol. The summed E-state index contributed by atoms with van der Waals surface area (Å²) in [7, 11) is 0. The first kappa shape index (κ1) is 11.4. The number of rotatable bonds is 2. The van der Waals surface area contributed by atoms with E-state index in [0.717, 1.165) is 22.8 Å². The Morgan fingerprint density at radius 2 is 1.70 bits per heavy atom. The summed E-state index contributed by atoms with van der Waals surface area (Å²) in [5, 5.41) is 7.38. The predicted octanol–water partition coefficient (Wildman–Crippen LogP) is 3.63. The topological polar surface area (TPSA) is 41.6 Å². The van der Waals surface area contributed by atoms with Gasteiger partial charge in [-0.1, -0.05) is 42.5 Å². The molecule has 3 heteroatoms. The maximum absolute atomic E-state index is 4.61. The second kappa shape index (κ2) is 4.60. The number of nitrogens with one attached hydrogen (secondary N) is 1. The number of aromatic amines is 1. The zero-order chi connectivity index (χ0) is 13.4. The van der Waals surface area contributed by atoms with Gasteiger partial charge in [-0.05, 0) is 36.5 Å². The quantitative estimate of drug-likeness (QED) is 0.765. The Kier molecular flexibility index (Phi) is 2.62. The Labute approximate surface area is 117 Å². The van der Waals surface area contributed by atoms with Gasteiger partial charge in [-0.15, -0.1) is 0 Å². The van der Waals surface area contributed by atoms with Gasteiger partial charge in [0.15, 0.2) is 11.6 Å². The largest absolute Gasteiger partial charge is 0.259 e. The molecule has 0 spiro atoms. The average molecular weight is 261 g/mol. The van der Waals surface area contributed by atoms with Crippen molar-refractivity contribution in [3.63, 3.8) is 0 Å². The van der Waals surface area contributed by atoms with Gasteiger partial charge in [0.25, 0.3) is 0 Å². The summed E-state index contributed by atoms with van der Waals surface area (Å²) in [5.74, 6) is 1.60. The Balaban J connectivity index is 1.72. The van der Waals surface area contributed by atoms with Crippen LogP contribution in [0.15, 0.2) is 48.5 Å². The number of benzene rings is 2.